The molecule has 3 atom stereocenters. The van der Waals surface area contributed by atoms with Crippen molar-refractivity contribution in [3.05, 3.63) is 82.3 Å². The second-order valence-electron chi connectivity index (χ2n) is 15.7. The second-order valence-corrected chi connectivity index (χ2v) is 18.5. The number of para-hydroxylation sites is 1. The van der Waals surface area contributed by atoms with Gasteiger partial charge in [-0.3, -0.25) is 18.9 Å². The summed E-state index contributed by atoms with van der Waals surface area (Å²) in [5.74, 6) is -8.88. The molecule has 9 rings (SSSR count). The lowest BCUT2D eigenvalue weighted by Gasteiger charge is -2.42. The zero-order valence-corrected chi connectivity index (χ0v) is 33.8. The summed E-state index contributed by atoms with van der Waals surface area (Å²) >= 11 is 1.35. The Morgan fingerprint density at radius 3 is 2.43 bits per heavy atom. The third-order valence-electron chi connectivity index (χ3n) is 11.2. The number of halogens is 7. The number of sulfonamides is 1. The SMILES string of the molecule is CN(C)C1CN(c2nc3nc([C@H](Cc4cc(F)cc(F)c4)NC(=O)Cn4nc(C(F)(F)F)c5c4C(F)(F)C4C[C@H]54)c(-c4cccc5c(NS(C)(=O)=O)nn(C)c45)cc3s2)C1. The fourth-order valence-corrected chi connectivity index (χ4v) is 9.84. The molecule has 2 aromatic carbocycles. The molecule has 4 aromatic heterocycles. The number of likely N-dealkylation sites (N-methyl/N-ethyl adjacent to an activating group) is 1. The van der Waals surface area contributed by atoms with Gasteiger partial charge in [-0.05, 0) is 62.7 Å². The molecule has 6 aromatic rings. The van der Waals surface area contributed by atoms with Crippen LogP contribution in [0.4, 0.5) is 41.7 Å². The van der Waals surface area contributed by atoms with E-state index < -0.39 is 81.0 Å². The average molecular weight is 877 g/mol. The number of thiazole rings is 1. The predicted octanol–water partition coefficient (Wildman–Crippen LogP) is 6.17. The lowest BCUT2D eigenvalue weighted by Crippen LogP contribution is -2.57. The molecule has 1 aliphatic heterocycles. The van der Waals surface area contributed by atoms with Crippen LogP contribution >= 0.6 is 11.3 Å². The van der Waals surface area contributed by atoms with Gasteiger partial charge in [0.05, 0.1) is 28.2 Å². The van der Waals surface area contributed by atoms with Crippen molar-refractivity contribution in [2.75, 3.05) is 43.1 Å². The largest absolute Gasteiger partial charge is 0.435 e. The fourth-order valence-electron chi connectivity index (χ4n) is 8.38. The highest BCUT2D eigenvalue weighted by molar-refractivity contribution is 7.92. The van der Waals surface area contributed by atoms with Crippen LogP contribution in [0, 0.1) is 17.6 Å². The minimum Gasteiger partial charge on any atom is -0.346 e. The minimum atomic E-state index is -5.06. The molecule has 0 radical (unpaired) electrons. The normalized spacial score (nSPS) is 19.2. The van der Waals surface area contributed by atoms with Gasteiger partial charge in [0.1, 0.15) is 23.9 Å². The topological polar surface area (TPSA) is 143 Å². The number of amides is 1. The molecule has 0 spiro atoms. The van der Waals surface area contributed by atoms with E-state index in [0.717, 1.165) is 18.4 Å². The molecule has 316 valence electrons. The maximum atomic E-state index is 15.5. The summed E-state index contributed by atoms with van der Waals surface area (Å²) in [6.45, 7) is 0.336. The summed E-state index contributed by atoms with van der Waals surface area (Å²) in [6.07, 6.45) is -4.54. The van der Waals surface area contributed by atoms with Gasteiger partial charge in [0.25, 0.3) is 5.92 Å². The first kappa shape index (κ1) is 40.1. The van der Waals surface area contributed by atoms with Gasteiger partial charge in [-0.25, -0.2) is 22.2 Å². The molecule has 3 aliphatic rings. The summed E-state index contributed by atoms with van der Waals surface area (Å²) in [7, 11) is 1.76. The van der Waals surface area contributed by atoms with E-state index in [9.17, 15) is 35.2 Å². The van der Waals surface area contributed by atoms with E-state index in [1.807, 2.05) is 14.1 Å². The quantitative estimate of drug-likeness (QED) is 0.146. The zero-order chi connectivity index (χ0) is 42.8. The summed E-state index contributed by atoms with van der Waals surface area (Å²) in [6, 6.07) is 8.49. The molecule has 1 saturated carbocycles. The van der Waals surface area contributed by atoms with Crippen LogP contribution in [0.3, 0.4) is 0 Å². The van der Waals surface area contributed by atoms with Crippen molar-refractivity contribution in [2.24, 2.45) is 13.0 Å². The third kappa shape index (κ3) is 7.00. The maximum absolute atomic E-state index is 15.5. The zero-order valence-electron chi connectivity index (χ0n) is 32.2. The van der Waals surface area contributed by atoms with Crippen molar-refractivity contribution in [3.8, 4) is 11.1 Å². The molecule has 5 heterocycles. The number of hydrogen-bond donors (Lipinski definition) is 2. The number of fused-ring (bicyclic) bond motifs is 5. The second kappa shape index (κ2) is 13.8. The fraction of sp³-hybridized carbons (Fsp3) is 0.395. The van der Waals surface area contributed by atoms with E-state index in [-0.39, 0.29) is 41.6 Å². The van der Waals surface area contributed by atoms with Crippen LogP contribution in [-0.4, -0.2) is 88.2 Å². The van der Waals surface area contributed by atoms with Gasteiger partial charge in [0, 0.05) is 60.2 Å². The van der Waals surface area contributed by atoms with E-state index in [2.05, 4.69) is 30.0 Å². The van der Waals surface area contributed by atoms with Gasteiger partial charge in [-0.2, -0.15) is 37.1 Å². The Bertz CT molecular complexity index is 2830. The minimum absolute atomic E-state index is 0.0280. The van der Waals surface area contributed by atoms with Crippen LogP contribution < -0.4 is 14.9 Å². The van der Waals surface area contributed by atoms with Crippen LogP contribution in [0.25, 0.3) is 32.4 Å². The highest BCUT2D eigenvalue weighted by atomic mass is 32.2. The number of alkyl halides is 5. The number of pyridine rings is 1. The van der Waals surface area contributed by atoms with Crippen LogP contribution in [0.2, 0.25) is 0 Å². The molecule has 13 nitrogen and oxygen atoms in total. The molecule has 2 aliphatic carbocycles. The van der Waals surface area contributed by atoms with Crippen LogP contribution in [0.1, 0.15) is 46.6 Å². The van der Waals surface area contributed by atoms with E-state index >= 15 is 8.78 Å². The first-order valence-corrected chi connectivity index (χ1v) is 21.3. The smallest absolute Gasteiger partial charge is 0.346 e. The van der Waals surface area contributed by atoms with Crippen molar-refractivity contribution in [1.29, 1.82) is 0 Å². The first-order valence-electron chi connectivity index (χ1n) is 18.6. The Kier molecular flexibility index (Phi) is 9.25. The molecule has 0 bridgehead atoms. The van der Waals surface area contributed by atoms with Gasteiger partial charge in [-0.15, -0.1) is 0 Å². The molecule has 60 heavy (non-hydrogen) atoms. The third-order valence-corrected chi connectivity index (χ3v) is 12.8. The molecular formula is C38H35F7N10O3S2. The lowest BCUT2D eigenvalue weighted by molar-refractivity contribution is -0.142. The number of nitrogens with one attached hydrogen (secondary N) is 2. The van der Waals surface area contributed by atoms with Crippen molar-refractivity contribution >= 4 is 59.5 Å². The number of carbonyl (C=O) groups excluding carboxylic acids is 1. The number of hydrogen-bond acceptors (Lipinski definition) is 10. The van der Waals surface area contributed by atoms with Crippen LogP contribution in [0.5, 0.6) is 0 Å². The van der Waals surface area contributed by atoms with Gasteiger partial charge in [-0.1, -0.05) is 23.5 Å². The van der Waals surface area contributed by atoms with E-state index in [4.69, 9.17) is 9.97 Å². The van der Waals surface area contributed by atoms with Crippen molar-refractivity contribution < 1.29 is 43.9 Å². The number of carbonyl (C=O) groups is 1. The number of aryl methyl sites for hydroxylation is 1. The highest BCUT2D eigenvalue weighted by Crippen LogP contribution is 2.68. The number of rotatable bonds is 11. The molecular weight excluding hydrogens is 842 g/mol. The number of nitrogens with zero attached hydrogens (tertiary/aromatic N) is 8. The lowest BCUT2D eigenvalue weighted by atomic mass is 9.94. The standard InChI is InChI=1S/C38H35F7N10O3S2/c1-52(2)20-14-54(15-20)36-48-35-27(59-36)13-23(21-6-5-7-22-31(21)53(3)50-34(22)51-60(4,57)58)30(47-35)26(10-17-8-18(39)11-19(40)9-17)46-28(56)16-55-33-29(32(49-55)38(43,44)45)24-12-25(24)37(33,41)42/h5-9,11,13,20,24-26H,10,12,14-16H2,1-4H3,(H,46,56)(H,50,51)/t24-,25?,26-/m0/s1. The average Bonchev–Trinajstić information content (AvgIpc) is 3.39. The van der Waals surface area contributed by atoms with E-state index in [1.54, 1.807) is 31.3 Å². The Morgan fingerprint density at radius 2 is 1.77 bits per heavy atom. The van der Waals surface area contributed by atoms with Gasteiger partial charge >= 0.3 is 6.18 Å². The first-order chi connectivity index (χ1) is 28.2. The van der Waals surface area contributed by atoms with Crippen molar-refractivity contribution in [1.82, 2.24) is 39.7 Å². The maximum Gasteiger partial charge on any atom is 0.435 e. The Hall–Kier alpha value is -5.35. The molecule has 1 amide bonds. The number of benzene rings is 2. The molecule has 22 heteroatoms. The van der Waals surface area contributed by atoms with Gasteiger partial charge < -0.3 is 15.1 Å². The van der Waals surface area contributed by atoms with E-state index in [0.29, 0.717) is 55.7 Å². The van der Waals surface area contributed by atoms with Crippen LogP contribution in [0.15, 0.2) is 42.5 Å². The summed E-state index contributed by atoms with van der Waals surface area (Å²) in [5, 5.41) is 11.6. The Balaban J connectivity index is 1.19. The highest BCUT2D eigenvalue weighted by Gasteiger charge is 2.68. The number of anilines is 2. The van der Waals surface area contributed by atoms with Crippen LogP contribution in [-0.2, 0) is 46.9 Å². The summed E-state index contributed by atoms with van der Waals surface area (Å²) in [4.78, 5) is 27.9. The molecule has 2 N–H and O–H groups in total. The molecule has 1 unspecified atom stereocenters. The summed E-state index contributed by atoms with van der Waals surface area (Å²) in [5.41, 5.74) is -1.39. The Labute approximate surface area is 341 Å². The monoisotopic (exact) mass is 876 g/mol. The molecule has 1 saturated heterocycles. The summed E-state index contributed by atoms with van der Waals surface area (Å²) < 4.78 is 132. The van der Waals surface area contributed by atoms with Crippen molar-refractivity contribution in [3.63, 3.8) is 0 Å². The van der Waals surface area contributed by atoms with Gasteiger partial charge in [0.15, 0.2) is 22.3 Å². The van der Waals surface area contributed by atoms with Gasteiger partial charge in [0.2, 0.25) is 15.9 Å². The number of aromatic nitrogens is 6. The molecule has 2 fully saturated rings. The Morgan fingerprint density at radius 1 is 1.05 bits per heavy atom. The van der Waals surface area contributed by atoms with E-state index in [1.165, 1.54) is 16.0 Å². The van der Waals surface area contributed by atoms with Crippen molar-refractivity contribution in [2.45, 2.75) is 49.5 Å². The predicted molar refractivity (Wildman–Crippen MR) is 208 cm³/mol.